The molecule has 0 aromatic rings. The Kier molecular flexibility index (Phi) is 5.99. The molecule has 0 aliphatic heterocycles. The van der Waals surface area contributed by atoms with Crippen LogP contribution in [0.3, 0.4) is 0 Å². The highest BCUT2D eigenvalue weighted by molar-refractivity contribution is 7.91. The zero-order valence-corrected chi connectivity index (χ0v) is 12.8. The predicted octanol–water partition coefficient (Wildman–Crippen LogP) is 0.0603. The molecule has 0 aromatic heterocycles. The molecule has 0 aliphatic carbocycles. The SMILES string of the molecule is CC(C)CCS(=O)(=O)CC(C(N)=O)C(C)(C)C(N)=O. The van der Waals surface area contributed by atoms with Crippen molar-refractivity contribution in [2.45, 2.75) is 34.1 Å². The summed E-state index contributed by atoms with van der Waals surface area (Å²) in [6.07, 6.45) is 0.505. The highest BCUT2D eigenvalue weighted by Crippen LogP contribution is 2.28. The average molecular weight is 292 g/mol. The minimum absolute atomic E-state index is 0.0245. The van der Waals surface area contributed by atoms with Crippen LogP contribution in [0.25, 0.3) is 0 Å². The van der Waals surface area contributed by atoms with E-state index < -0.39 is 38.7 Å². The summed E-state index contributed by atoms with van der Waals surface area (Å²) in [4.78, 5) is 22.8. The molecule has 0 radical (unpaired) electrons. The van der Waals surface area contributed by atoms with Gasteiger partial charge in [-0.05, 0) is 12.3 Å². The Hall–Kier alpha value is -1.11. The van der Waals surface area contributed by atoms with E-state index in [1.165, 1.54) is 13.8 Å². The molecule has 0 bridgehead atoms. The number of amides is 2. The summed E-state index contributed by atoms with van der Waals surface area (Å²) in [5.41, 5.74) is 9.14. The maximum atomic E-state index is 12.0. The first-order chi connectivity index (χ1) is 8.40. The number of sulfone groups is 1. The van der Waals surface area contributed by atoms with Crippen molar-refractivity contribution in [3.63, 3.8) is 0 Å². The van der Waals surface area contributed by atoms with Gasteiger partial charge in [0.15, 0.2) is 9.84 Å². The summed E-state index contributed by atoms with van der Waals surface area (Å²) >= 11 is 0. The number of hydrogen-bond acceptors (Lipinski definition) is 4. The molecule has 1 unspecified atom stereocenters. The Labute approximate surface area is 114 Å². The molecule has 6 nitrogen and oxygen atoms in total. The van der Waals surface area contributed by atoms with Crippen LogP contribution in [-0.4, -0.2) is 31.7 Å². The summed E-state index contributed by atoms with van der Waals surface area (Å²) in [6.45, 7) is 6.69. The highest BCUT2D eigenvalue weighted by atomic mass is 32.2. The van der Waals surface area contributed by atoms with Crippen molar-refractivity contribution in [3.05, 3.63) is 0 Å². The third kappa shape index (κ3) is 5.59. The van der Waals surface area contributed by atoms with Crippen LogP contribution in [0.15, 0.2) is 0 Å². The maximum absolute atomic E-state index is 12.0. The Morgan fingerprint density at radius 2 is 1.63 bits per heavy atom. The van der Waals surface area contributed by atoms with E-state index in [-0.39, 0.29) is 11.7 Å². The van der Waals surface area contributed by atoms with Crippen molar-refractivity contribution < 1.29 is 18.0 Å². The number of carbonyl (C=O) groups excluding carboxylic acids is 2. The predicted molar refractivity (Wildman–Crippen MR) is 73.8 cm³/mol. The normalized spacial score (nSPS) is 14.4. The van der Waals surface area contributed by atoms with Crippen molar-refractivity contribution in [1.82, 2.24) is 0 Å². The number of nitrogens with two attached hydrogens (primary N) is 2. The molecule has 19 heavy (non-hydrogen) atoms. The van der Waals surface area contributed by atoms with Crippen molar-refractivity contribution in [1.29, 1.82) is 0 Å². The third-order valence-electron chi connectivity index (χ3n) is 3.28. The fourth-order valence-corrected chi connectivity index (χ4v) is 3.66. The standard InChI is InChI=1S/C12H24N2O4S/c1-8(2)5-6-19(17,18)7-9(10(13)15)12(3,4)11(14)16/h8-9H,5-7H2,1-4H3,(H2,13,15)(H2,14,16). The van der Waals surface area contributed by atoms with Crippen molar-refractivity contribution in [2.75, 3.05) is 11.5 Å². The van der Waals surface area contributed by atoms with Gasteiger partial charge < -0.3 is 11.5 Å². The lowest BCUT2D eigenvalue weighted by Gasteiger charge is -2.28. The molecule has 112 valence electrons. The molecule has 2 amide bonds. The van der Waals surface area contributed by atoms with Crippen LogP contribution in [0.5, 0.6) is 0 Å². The van der Waals surface area contributed by atoms with Gasteiger partial charge in [0, 0.05) is 0 Å². The lowest BCUT2D eigenvalue weighted by atomic mass is 9.79. The van der Waals surface area contributed by atoms with Gasteiger partial charge in [-0.15, -0.1) is 0 Å². The van der Waals surface area contributed by atoms with E-state index in [4.69, 9.17) is 11.5 Å². The Morgan fingerprint density at radius 1 is 1.16 bits per heavy atom. The second-order valence-corrected chi connectivity index (χ2v) is 8.07. The highest BCUT2D eigenvalue weighted by Gasteiger charge is 2.41. The van der Waals surface area contributed by atoms with Crippen molar-refractivity contribution in [2.24, 2.45) is 28.7 Å². The first-order valence-corrected chi connectivity index (χ1v) is 8.02. The number of rotatable bonds is 8. The van der Waals surface area contributed by atoms with Crippen molar-refractivity contribution in [3.8, 4) is 0 Å². The average Bonchev–Trinajstić information content (AvgIpc) is 2.22. The minimum Gasteiger partial charge on any atom is -0.369 e. The van der Waals surface area contributed by atoms with Crippen LogP contribution < -0.4 is 11.5 Å². The summed E-state index contributed by atoms with van der Waals surface area (Å²) in [6, 6.07) is 0. The lowest BCUT2D eigenvalue weighted by Crippen LogP contribution is -2.47. The van der Waals surface area contributed by atoms with Crippen LogP contribution in [0.2, 0.25) is 0 Å². The molecular formula is C12H24N2O4S. The summed E-state index contributed by atoms with van der Waals surface area (Å²) in [7, 11) is -3.45. The van der Waals surface area contributed by atoms with E-state index >= 15 is 0 Å². The van der Waals surface area contributed by atoms with Gasteiger partial charge in [0.1, 0.15) is 0 Å². The van der Waals surface area contributed by atoms with Crippen LogP contribution in [0, 0.1) is 17.3 Å². The van der Waals surface area contributed by atoms with Crippen molar-refractivity contribution >= 4 is 21.7 Å². The number of hydrogen-bond donors (Lipinski definition) is 2. The van der Waals surface area contributed by atoms with Gasteiger partial charge in [-0.3, -0.25) is 9.59 Å². The van der Waals surface area contributed by atoms with Gasteiger partial charge in [0.2, 0.25) is 11.8 Å². The fourth-order valence-electron chi connectivity index (χ4n) is 1.57. The zero-order chi connectivity index (χ0) is 15.4. The Morgan fingerprint density at radius 3 is 1.95 bits per heavy atom. The van der Waals surface area contributed by atoms with Crippen LogP contribution >= 0.6 is 0 Å². The molecule has 4 N–H and O–H groups in total. The smallest absolute Gasteiger partial charge is 0.223 e. The molecular weight excluding hydrogens is 268 g/mol. The maximum Gasteiger partial charge on any atom is 0.223 e. The molecule has 0 heterocycles. The van der Waals surface area contributed by atoms with Gasteiger partial charge in [-0.25, -0.2) is 8.42 Å². The molecule has 7 heteroatoms. The lowest BCUT2D eigenvalue weighted by molar-refractivity contribution is -0.135. The van der Waals surface area contributed by atoms with Gasteiger partial charge >= 0.3 is 0 Å². The van der Waals surface area contributed by atoms with Crippen LogP contribution in [0.4, 0.5) is 0 Å². The topological polar surface area (TPSA) is 120 Å². The van der Waals surface area contributed by atoms with Crippen LogP contribution in [0.1, 0.15) is 34.1 Å². The molecule has 0 aromatic carbocycles. The van der Waals surface area contributed by atoms with Gasteiger partial charge in [0.25, 0.3) is 0 Å². The fraction of sp³-hybridized carbons (Fsp3) is 0.833. The molecule has 0 rings (SSSR count). The second-order valence-electron chi connectivity index (χ2n) is 5.84. The first-order valence-electron chi connectivity index (χ1n) is 6.19. The van der Waals surface area contributed by atoms with E-state index in [1.54, 1.807) is 0 Å². The number of carbonyl (C=O) groups is 2. The first kappa shape index (κ1) is 17.9. The van der Waals surface area contributed by atoms with Gasteiger partial charge in [0.05, 0.1) is 22.8 Å². The third-order valence-corrected chi connectivity index (χ3v) is 4.98. The number of primary amides is 2. The van der Waals surface area contributed by atoms with E-state index in [0.717, 1.165) is 0 Å². The largest absolute Gasteiger partial charge is 0.369 e. The Balaban J connectivity index is 5.07. The molecule has 0 saturated heterocycles. The van der Waals surface area contributed by atoms with Gasteiger partial charge in [-0.2, -0.15) is 0 Å². The summed E-state index contributed by atoms with van der Waals surface area (Å²) in [5.74, 6) is -2.89. The van der Waals surface area contributed by atoms with E-state index in [1.807, 2.05) is 13.8 Å². The summed E-state index contributed by atoms with van der Waals surface area (Å²) in [5, 5.41) is 0. The molecule has 0 spiro atoms. The zero-order valence-electron chi connectivity index (χ0n) is 12.0. The molecule has 1 atom stereocenters. The molecule has 0 fully saturated rings. The van der Waals surface area contributed by atoms with E-state index in [9.17, 15) is 18.0 Å². The Bertz CT molecular complexity index is 441. The quantitative estimate of drug-likeness (QED) is 0.657. The van der Waals surface area contributed by atoms with E-state index in [2.05, 4.69) is 0 Å². The summed E-state index contributed by atoms with van der Waals surface area (Å²) < 4.78 is 23.9. The molecule has 0 aliphatic rings. The monoisotopic (exact) mass is 292 g/mol. The molecule has 0 saturated carbocycles. The van der Waals surface area contributed by atoms with Crippen LogP contribution in [-0.2, 0) is 19.4 Å². The van der Waals surface area contributed by atoms with E-state index in [0.29, 0.717) is 6.42 Å². The minimum atomic E-state index is -3.45. The second kappa shape index (κ2) is 6.36. The van der Waals surface area contributed by atoms with Gasteiger partial charge in [-0.1, -0.05) is 27.7 Å².